The molecule has 109 heavy (non-hydrogen) atoms. The maximum Gasteiger partial charge on any atom is 0.264 e. The summed E-state index contributed by atoms with van der Waals surface area (Å²) in [5.41, 5.74) is 27.3. The van der Waals surface area contributed by atoms with Crippen LogP contribution in [-0.4, -0.2) is 11.3 Å². The van der Waals surface area contributed by atoms with Crippen LogP contribution in [0.5, 0.6) is 0 Å². The fourth-order valence-electron chi connectivity index (χ4n) is 17.6. The lowest BCUT2D eigenvalue weighted by molar-refractivity contribution is 0.590. The Morgan fingerprint density at radius 2 is 0.798 bits per heavy atom. The summed E-state index contributed by atoms with van der Waals surface area (Å²) in [6, 6.07) is 107. The van der Waals surface area contributed by atoms with Gasteiger partial charge in [-0.3, -0.25) is 0 Å². The summed E-state index contributed by atoms with van der Waals surface area (Å²) < 4.78 is 38.1. The van der Waals surface area contributed by atoms with Crippen molar-refractivity contribution < 1.29 is 4.11 Å². The molecule has 0 saturated heterocycles. The third-order valence-electron chi connectivity index (χ3n) is 23.1. The van der Waals surface area contributed by atoms with Gasteiger partial charge in [-0.25, -0.2) is 0 Å². The number of nitrogens with zero attached hydrogens (tertiary/aromatic N) is 2. The van der Waals surface area contributed by atoms with E-state index >= 15 is 0 Å². The van der Waals surface area contributed by atoms with Crippen LogP contribution < -0.4 is 25.9 Å². The average molecular weight is 1430 g/mol. The molecule has 3 nitrogen and oxygen atoms in total. The Bertz CT molecular complexity index is 6530. The molecule has 19 rings (SSSR count). The Hall–Kier alpha value is -11.8. The highest BCUT2D eigenvalue weighted by Crippen LogP contribution is 2.58. The van der Waals surface area contributed by atoms with Gasteiger partial charge in [-0.05, 0) is 204 Å². The predicted molar refractivity (Wildman–Crippen MR) is 473 cm³/mol. The maximum absolute atomic E-state index is 11.5. The van der Waals surface area contributed by atoms with E-state index in [0.717, 1.165) is 148 Å². The highest BCUT2D eigenvalue weighted by Gasteiger charge is 2.47. The van der Waals surface area contributed by atoms with Crippen LogP contribution in [-0.2, 0) is 21.7 Å². The Balaban J connectivity index is 0.962. The first-order valence-electron chi connectivity index (χ1n) is 40.0. The Labute approximate surface area is 650 Å². The molecule has 0 amide bonds. The van der Waals surface area contributed by atoms with Gasteiger partial charge in [0.15, 0.2) is 0 Å². The topological polar surface area (TPSA) is 20.2 Å². The van der Waals surface area contributed by atoms with Gasteiger partial charge in [-0.1, -0.05) is 326 Å². The molecule has 528 valence electrons. The molecule has 0 unspecified atom stereocenters. The molecule has 0 atom stereocenters. The summed E-state index contributed by atoms with van der Waals surface area (Å²) in [5.74, 6) is 0. The normalized spacial score (nSPS) is 13.4. The fourth-order valence-corrected chi connectivity index (χ4v) is 18.9. The SMILES string of the molecule is [2H]c1c([2H])c(-n2c3ccccc3c3cc(-c4c5ccccc5c(-c5ccccc5)c5ccccc45)ccc32)c([2H])c2c1B1c3sc4cc(C(C)(C)C)ccc4c3N(c3c(-c4ccccc4)cc(C(C)(C)C)cc3-c3ccccc3)c3cc(C(C)(C)C)c(-c4c(-c5ccccc5)cc(C(C)(C)C)cc4-c4ccccc4)c(c31)N2. The smallest absolute Gasteiger partial charge is 0.264 e. The Morgan fingerprint density at radius 3 is 1.30 bits per heavy atom. The number of fused-ring (bicyclic) bond motifs is 11. The van der Waals surface area contributed by atoms with Crippen molar-refractivity contribution in [3.8, 4) is 83.6 Å². The van der Waals surface area contributed by atoms with Gasteiger partial charge < -0.3 is 14.8 Å². The first kappa shape index (κ1) is 64.4. The van der Waals surface area contributed by atoms with E-state index in [1.807, 2.05) is 0 Å². The lowest BCUT2D eigenvalue weighted by Crippen LogP contribution is -2.59. The van der Waals surface area contributed by atoms with E-state index in [4.69, 9.17) is 0 Å². The summed E-state index contributed by atoms with van der Waals surface area (Å²) in [5, 5.41) is 12.1. The minimum absolute atomic E-state index is 0.00611. The van der Waals surface area contributed by atoms with E-state index in [9.17, 15) is 4.11 Å². The largest absolute Gasteiger partial charge is 0.356 e. The van der Waals surface area contributed by atoms with Crippen molar-refractivity contribution in [2.45, 2.75) is 105 Å². The summed E-state index contributed by atoms with van der Waals surface area (Å²) >= 11 is 1.80. The number of hydrogen-bond acceptors (Lipinski definition) is 3. The molecular formula is C104H88BN3S. The van der Waals surface area contributed by atoms with Crippen LogP contribution in [0.25, 0.3) is 137 Å². The zero-order valence-corrected chi connectivity index (χ0v) is 64.9. The minimum atomic E-state index is -0.646. The van der Waals surface area contributed by atoms with Crippen molar-refractivity contribution >= 4 is 116 Å². The third-order valence-corrected chi connectivity index (χ3v) is 24.3. The lowest BCUT2D eigenvalue weighted by Gasteiger charge is -2.43. The molecule has 0 saturated carbocycles. The summed E-state index contributed by atoms with van der Waals surface area (Å²) in [4.78, 5) is 2.64. The van der Waals surface area contributed by atoms with E-state index in [1.54, 1.807) is 11.3 Å². The van der Waals surface area contributed by atoms with Crippen molar-refractivity contribution in [1.82, 2.24) is 4.57 Å². The van der Waals surface area contributed by atoms with E-state index in [2.05, 4.69) is 389 Å². The third kappa shape index (κ3) is 11.2. The molecular weight excluding hydrogens is 1330 g/mol. The first-order chi connectivity index (χ1) is 53.9. The molecule has 2 aliphatic rings. The van der Waals surface area contributed by atoms with Gasteiger partial charge in [0.2, 0.25) is 0 Å². The standard InChI is InChI=1S/C104H88BN3S/c1-101(2,3)70-51-53-79-91(61-70)109-100-99(79)108(98-82(66-38-22-15-23-39-66)59-72(103(7,8)9)60-83(98)67-40-24-16-25-41-67)90-63-85(104(10,11)12)95(94-80(64-34-18-13-19-35-64)57-71(102(4,5)6)58-81(94)65-36-20-14-21-37-65)97-96(90)105(100)86-54-52-73(62-87(86)106-97)107-88-49-33-32-44-74(88)84-56-69(50-55-89(84)107)93-77-47-30-28-45-75(77)92(68-42-26-17-27-43-68)76-46-29-31-48-78(76)93/h13-63,106H,1-12H3/i52D,54D,62D. The molecule has 0 spiro atoms. The van der Waals surface area contributed by atoms with E-state index in [-0.39, 0.29) is 34.4 Å². The molecule has 5 heteroatoms. The maximum atomic E-state index is 11.5. The van der Waals surface area contributed by atoms with E-state index in [1.165, 1.54) is 38.6 Å². The molecule has 1 N–H and O–H groups in total. The second kappa shape index (κ2) is 25.4. The molecule has 4 heterocycles. The molecule has 0 bridgehead atoms. The number of anilines is 5. The van der Waals surface area contributed by atoms with Crippen LogP contribution in [0.2, 0.25) is 0 Å². The minimum Gasteiger partial charge on any atom is -0.356 e. The van der Waals surface area contributed by atoms with Crippen LogP contribution in [0.3, 0.4) is 0 Å². The van der Waals surface area contributed by atoms with Gasteiger partial charge >= 0.3 is 0 Å². The van der Waals surface area contributed by atoms with Gasteiger partial charge in [0.25, 0.3) is 6.71 Å². The molecule has 15 aromatic carbocycles. The number of rotatable bonds is 9. The van der Waals surface area contributed by atoms with Gasteiger partial charge in [0.1, 0.15) is 0 Å². The summed E-state index contributed by atoms with van der Waals surface area (Å²) in [6.45, 7) is 27.3. The Morgan fingerprint density at radius 1 is 0.349 bits per heavy atom. The van der Waals surface area contributed by atoms with Crippen LogP contribution in [0.4, 0.5) is 28.4 Å². The van der Waals surface area contributed by atoms with Crippen LogP contribution in [0.1, 0.15) is 109 Å². The number of benzene rings is 15. The zero-order chi connectivity index (χ0) is 77.2. The van der Waals surface area contributed by atoms with Crippen molar-refractivity contribution in [2.75, 3.05) is 10.2 Å². The van der Waals surface area contributed by atoms with E-state index in [0.29, 0.717) is 16.8 Å². The van der Waals surface area contributed by atoms with Gasteiger partial charge in [-0.2, -0.15) is 0 Å². The molecule has 0 fully saturated rings. The molecule has 0 aliphatic carbocycles. The number of para-hydroxylation sites is 1. The summed E-state index contributed by atoms with van der Waals surface area (Å²) in [7, 11) is 0. The molecule has 2 aliphatic heterocycles. The van der Waals surface area contributed by atoms with Gasteiger partial charge in [0, 0.05) is 65.1 Å². The first-order valence-corrected chi connectivity index (χ1v) is 39.3. The molecule has 17 aromatic rings. The summed E-state index contributed by atoms with van der Waals surface area (Å²) in [6.07, 6.45) is 0. The highest BCUT2D eigenvalue weighted by molar-refractivity contribution is 7.33. The average Bonchev–Trinajstić information content (AvgIpc) is 1.25. The second-order valence-corrected chi connectivity index (χ2v) is 35.2. The van der Waals surface area contributed by atoms with Crippen molar-refractivity contribution in [2.24, 2.45) is 0 Å². The zero-order valence-electron chi connectivity index (χ0n) is 67.1. The quantitative estimate of drug-likeness (QED) is 0.115. The van der Waals surface area contributed by atoms with Crippen molar-refractivity contribution in [3.63, 3.8) is 0 Å². The molecule has 0 radical (unpaired) electrons. The number of aromatic nitrogens is 1. The van der Waals surface area contributed by atoms with Crippen LogP contribution in [0.15, 0.2) is 309 Å². The highest BCUT2D eigenvalue weighted by atomic mass is 32.1. The Kier molecular flexibility index (Phi) is 15.0. The second-order valence-electron chi connectivity index (χ2n) is 34.2. The van der Waals surface area contributed by atoms with Crippen molar-refractivity contribution in [1.29, 1.82) is 0 Å². The van der Waals surface area contributed by atoms with Gasteiger partial charge in [-0.15, -0.1) is 11.3 Å². The monoisotopic (exact) mass is 1420 g/mol. The number of hydrogen-bond donors (Lipinski definition) is 1. The number of nitrogens with one attached hydrogen (secondary N) is 1. The number of thiophene rings is 1. The van der Waals surface area contributed by atoms with Crippen LogP contribution in [0, 0.1) is 0 Å². The van der Waals surface area contributed by atoms with Gasteiger partial charge in [0.05, 0.1) is 26.5 Å². The van der Waals surface area contributed by atoms with Crippen LogP contribution >= 0.6 is 11.3 Å². The predicted octanol–water partition coefficient (Wildman–Crippen LogP) is 27.5. The lowest BCUT2D eigenvalue weighted by atomic mass is 9.36. The molecule has 2 aromatic heterocycles. The van der Waals surface area contributed by atoms with E-state index < -0.39 is 12.1 Å². The fraction of sp³-hybridized carbons (Fsp3) is 0.154. The van der Waals surface area contributed by atoms with Crippen molar-refractivity contribution in [3.05, 3.63) is 332 Å².